The second-order valence-electron chi connectivity index (χ2n) is 8.86. The molecule has 0 unspecified atom stereocenters. The standard InChI is InChI=1S/C21H41N5S/c1-18(2)25-11-7-19(8-12-25)24-20(22-3)23-17-21(9-5-4-6-10-21)26-13-15-27-16-14-26/h18-19H,4-17H2,1-3H3,(H2,22,23,24). The van der Waals surface area contributed by atoms with Crippen molar-refractivity contribution < 1.29 is 0 Å². The number of hydrogen-bond donors (Lipinski definition) is 2. The van der Waals surface area contributed by atoms with E-state index < -0.39 is 0 Å². The van der Waals surface area contributed by atoms with Crippen LogP contribution in [0.1, 0.15) is 58.8 Å². The molecule has 3 aliphatic rings. The highest BCUT2D eigenvalue weighted by Crippen LogP contribution is 2.34. The largest absolute Gasteiger partial charge is 0.355 e. The summed E-state index contributed by atoms with van der Waals surface area (Å²) >= 11 is 2.11. The van der Waals surface area contributed by atoms with Crippen LogP contribution >= 0.6 is 11.8 Å². The van der Waals surface area contributed by atoms with Crippen molar-refractivity contribution in [3.05, 3.63) is 0 Å². The zero-order valence-corrected chi connectivity index (χ0v) is 18.6. The van der Waals surface area contributed by atoms with Crippen LogP contribution in [0.5, 0.6) is 0 Å². The molecule has 5 nitrogen and oxygen atoms in total. The molecule has 0 spiro atoms. The van der Waals surface area contributed by atoms with Crippen molar-refractivity contribution in [2.24, 2.45) is 4.99 Å². The summed E-state index contributed by atoms with van der Waals surface area (Å²) in [6.45, 7) is 10.6. The summed E-state index contributed by atoms with van der Waals surface area (Å²) in [6.07, 6.45) is 9.28. The lowest BCUT2D eigenvalue weighted by Gasteiger charge is -2.48. The number of rotatable bonds is 5. The molecule has 0 aromatic rings. The van der Waals surface area contributed by atoms with Crippen LogP contribution in [0.4, 0.5) is 0 Å². The molecule has 3 rings (SSSR count). The van der Waals surface area contributed by atoms with Crippen LogP contribution < -0.4 is 10.6 Å². The molecule has 2 saturated heterocycles. The van der Waals surface area contributed by atoms with E-state index in [9.17, 15) is 0 Å². The minimum atomic E-state index is 0.345. The maximum absolute atomic E-state index is 4.56. The van der Waals surface area contributed by atoms with Crippen molar-refractivity contribution in [1.82, 2.24) is 20.4 Å². The molecule has 156 valence electrons. The van der Waals surface area contributed by atoms with Gasteiger partial charge in [-0.2, -0.15) is 11.8 Å². The lowest BCUT2D eigenvalue weighted by atomic mass is 9.80. The summed E-state index contributed by atoms with van der Waals surface area (Å²) < 4.78 is 0. The molecule has 6 heteroatoms. The third-order valence-electron chi connectivity index (χ3n) is 6.88. The molecule has 1 saturated carbocycles. The van der Waals surface area contributed by atoms with Crippen LogP contribution in [-0.2, 0) is 0 Å². The Labute approximate surface area is 171 Å². The number of hydrogen-bond acceptors (Lipinski definition) is 4. The van der Waals surface area contributed by atoms with E-state index >= 15 is 0 Å². The monoisotopic (exact) mass is 395 g/mol. The van der Waals surface area contributed by atoms with Crippen molar-refractivity contribution in [2.75, 3.05) is 51.3 Å². The van der Waals surface area contributed by atoms with Gasteiger partial charge in [-0.1, -0.05) is 19.3 Å². The van der Waals surface area contributed by atoms with Gasteiger partial charge >= 0.3 is 0 Å². The van der Waals surface area contributed by atoms with Gasteiger partial charge in [-0.25, -0.2) is 0 Å². The second-order valence-corrected chi connectivity index (χ2v) is 10.1. The molecule has 0 bridgehead atoms. The molecule has 0 aromatic carbocycles. The summed E-state index contributed by atoms with van der Waals surface area (Å²) in [5, 5.41) is 7.45. The summed E-state index contributed by atoms with van der Waals surface area (Å²) in [7, 11) is 1.92. The van der Waals surface area contributed by atoms with E-state index in [-0.39, 0.29) is 0 Å². The number of thioether (sulfide) groups is 1. The second kappa shape index (κ2) is 10.4. The highest BCUT2D eigenvalue weighted by atomic mass is 32.2. The van der Waals surface area contributed by atoms with Crippen LogP contribution in [0.25, 0.3) is 0 Å². The van der Waals surface area contributed by atoms with Crippen LogP contribution in [0.15, 0.2) is 4.99 Å². The van der Waals surface area contributed by atoms with Gasteiger partial charge in [0, 0.05) is 68.9 Å². The fraction of sp³-hybridized carbons (Fsp3) is 0.952. The molecule has 3 fully saturated rings. The van der Waals surface area contributed by atoms with Crippen LogP contribution in [0.2, 0.25) is 0 Å². The lowest BCUT2D eigenvalue weighted by Crippen LogP contribution is -2.60. The maximum atomic E-state index is 4.56. The predicted octanol–water partition coefficient (Wildman–Crippen LogP) is 2.78. The van der Waals surface area contributed by atoms with Crippen molar-refractivity contribution in [1.29, 1.82) is 0 Å². The first kappa shape index (κ1) is 21.3. The van der Waals surface area contributed by atoms with Gasteiger partial charge in [0.15, 0.2) is 5.96 Å². The summed E-state index contributed by atoms with van der Waals surface area (Å²) in [6, 6.07) is 1.22. The number of aliphatic imine (C=N–C) groups is 1. The Bertz CT molecular complexity index is 461. The van der Waals surface area contributed by atoms with Gasteiger partial charge in [0.2, 0.25) is 0 Å². The van der Waals surface area contributed by atoms with E-state index in [0.29, 0.717) is 17.6 Å². The number of guanidine groups is 1. The van der Waals surface area contributed by atoms with Gasteiger partial charge in [0.1, 0.15) is 0 Å². The zero-order valence-electron chi connectivity index (χ0n) is 17.8. The third-order valence-corrected chi connectivity index (χ3v) is 7.82. The first-order valence-corrected chi connectivity index (χ1v) is 12.3. The minimum Gasteiger partial charge on any atom is -0.355 e. The number of nitrogens with zero attached hydrogens (tertiary/aromatic N) is 3. The highest BCUT2D eigenvalue weighted by molar-refractivity contribution is 7.99. The SMILES string of the molecule is CN=C(NCC1(N2CCSCC2)CCCCC1)NC1CCN(C(C)C)CC1. The maximum Gasteiger partial charge on any atom is 0.191 e. The molecule has 2 heterocycles. The zero-order chi connectivity index (χ0) is 19.1. The Morgan fingerprint density at radius 3 is 2.33 bits per heavy atom. The van der Waals surface area contributed by atoms with E-state index in [1.165, 1.54) is 82.6 Å². The Morgan fingerprint density at radius 2 is 1.74 bits per heavy atom. The van der Waals surface area contributed by atoms with E-state index in [1.54, 1.807) is 0 Å². The smallest absolute Gasteiger partial charge is 0.191 e. The van der Waals surface area contributed by atoms with E-state index in [4.69, 9.17) is 0 Å². The highest BCUT2D eigenvalue weighted by Gasteiger charge is 2.38. The topological polar surface area (TPSA) is 42.9 Å². The fourth-order valence-electron chi connectivity index (χ4n) is 5.05. The Balaban J connectivity index is 1.52. The first-order chi connectivity index (χ1) is 13.1. The fourth-order valence-corrected chi connectivity index (χ4v) is 5.95. The van der Waals surface area contributed by atoms with Crippen molar-refractivity contribution in [3.8, 4) is 0 Å². The van der Waals surface area contributed by atoms with Gasteiger partial charge in [-0.15, -0.1) is 0 Å². The predicted molar refractivity (Wildman–Crippen MR) is 119 cm³/mol. The number of piperidine rings is 1. The van der Waals surface area contributed by atoms with E-state index in [0.717, 1.165) is 12.5 Å². The van der Waals surface area contributed by atoms with Crippen LogP contribution in [-0.4, -0.2) is 84.7 Å². The van der Waals surface area contributed by atoms with Gasteiger partial charge in [-0.05, 0) is 39.5 Å². The minimum absolute atomic E-state index is 0.345. The molecule has 0 radical (unpaired) electrons. The molecule has 27 heavy (non-hydrogen) atoms. The van der Waals surface area contributed by atoms with Crippen LogP contribution in [0.3, 0.4) is 0 Å². The molecule has 2 N–H and O–H groups in total. The molecular weight excluding hydrogens is 354 g/mol. The third kappa shape index (κ3) is 5.77. The summed E-state index contributed by atoms with van der Waals surface area (Å²) in [5.74, 6) is 3.60. The molecule has 0 atom stereocenters. The Morgan fingerprint density at radius 1 is 1.07 bits per heavy atom. The normalized spacial score (nSPS) is 26.3. The molecule has 2 aliphatic heterocycles. The summed E-state index contributed by atoms with van der Waals surface area (Å²) in [4.78, 5) is 9.93. The number of nitrogens with one attached hydrogen (secondary N) is 2. The summed E-state index contributed by atoms with van der Waals surface area (Å²) in [5.41, 5.74) is 0.345. The van der Waals surface area contributed by atoms with Crippen LogP contribution in [0, 0.1) is 0 Å². The van der Waals surface area contributed by atoms with Gasteiger partial charge in [-0.3, -0.25) is 9.89 Å². The average molecular weight is 396 g/mol. The molecule has 0 amide bonds. The molecule has 0 aromatic heterocycles. The van der Waals surface area contributed by atoms with E-state index in [2.05, 4.69) is 51.0 Å². The lowest BCUT2D eigenvalue weighted by molar-refractivity contribution is 0.0624. The number of likely N-dealkylation sites (tertiary alicyclic amines) is 1. The molecule has 1 aliphatic carbocycles. The van der Waals surface area contributed by atoms with E-state index in [1.807, 2.05) is 7.05 Å². The van der Waals surface area contributed by atoms with Crippen molar-refractivity contribution >= 4 is 17.7 Å². The molecular formula is C21H41N5S. The average Bonchev–Trinajstić information content (AvgIpc) is 2.72. The van der Waals surface area contributed by atoms with Gasteiger partial charge in [0.05, 0.1) is 0 Å². The first-order valence-electron chi connectivity index (χ1n) is 11.2. The Hall–Kier alpha value is -0.460. The Kier molecular flexibility index (Phi) is 8.15. The van der Waals surface area contributed by atoms with Gasteiger partial charge < -0.3 is 15.5 Å². The van der Waals surface area contributed by atoms with Crippen molar-refractivity contribution in [2.45, 2.75) is 76.4 Å². The van der Waals surface area contributed by atoms with Gasteiger partial charge in [0.25, 0.3) is 0 Å². The quantitative estimate of drug-likeness (QED) is 0.553. The van der Waals surface area contributed by atoms with Crippen molar-refractivity contribution in [3.63, 3.8) is 0 Å².